The maximum absolute atomic E-state index is 10.9. The molecule has 0 amide bonds. The van der Waals surface area contributed by atoms with Crippen molar-refractivity contribution in [2.75, 3.05) is 13.2 Å². The molecule has 4 aliphatic carbocycles. The predicted molar refractivity (Wildman–Crippen MR) is 134 cm³/mol. The number of allylic oxidation sites excluding steroid dienone is 1. The predicted octanol–water partition coefficient (Wildman–Crippen LogP) is 5.70. The zero-order valence-corrected chi connectivity index (χ0v) is 22.8. The molecule has 1 spiro atoms. The highest BCUT2D eigenvalue weighted by molar-refractivity contribution is 5.16. The van der Waals surface area contributed by atoms with Gasteiger partial charge in [-0.15, -0.1) is 0 Å². The lowest BCUT2D eigenvalue weighted by molar-refractivity contribution is -0.300. The second-order valence-corrected chi connectivity index (χ2v) is 13.9. The van der Waals surface area contributed by atoms with Crippen molar-refractivity contribution in [3.05, 3.63) is 12.2 Å². The Morgan fingerprint density at radius 2 is 1.57 bits per heavy atom. The lowest BCUT2D eigenvalue weighted by Gasteiger charge is -2.65. The van der Waals surface area contributed by atoms with E-state index in [2.05, 4.69) is 34.6 Å². The number of ether oxygens (including phenoxy) is 4. The van der Waals surface area contributed by atoms with Crippen LogP contribution in [0.25, 0.3) is 0 Å². The van der Waals surface area contributed by atoms with Gasteiger partial charge in [0.1, 0.15) is 0 Å². The van der Waals surface area contributed by atoms with Crippen molar-refractivity contribution in [1.82, 2.24) is 0 Å². The largest absolute Gasteiger partial charge is 0.389 e. The quantitative estimate of drug-likeness (QED) is 0.516. The van der Waals surface area contributed by atoms with Crippen molar-refractivity contribution in [2.24, 2.45) is 46.3 Å². The highest BCUT2D eigenvalue weighted by Crippen LogP contribution is 2.71. The molecule has 4 saturated carbocycles. The van der Waals surface area contributed by atoms with Crippen molar-refractivity contribution in [1.29, 1.82) is 0 Å². The molecule has 35 heavy (non-hydrogen) atoms. The molecule has 0 radical (unpaired) electrons. The van der Waals surface area contributed by atoms with Crippen LogP contribution in [0.4, 0.5) is 0 Å². The second kappa shape index (κ2) is 8.27. The van der Waals surface area contributed by atoms with Crippen LogP contribution in [0.2, 0.25) is 0 Å². The summed E-state index contributed by atoms with van der Waals surface area (Å²) in [5.41, 5.74) is 0.409. The first-order valence-electron chi connectivity index (χ1n) is 14.5. The summed E-state index contributed by atoms with van der Waals surface area (Å²) in [5, 5.41) is 10.9. The molecule has 0 aromatic rings. The van der Waals surface area contributed by atoms with Crippen LogP contribution >= 0.6 is 0 Å². The minimum atomic E-state index is -0.503. The molecule has 198 valence electrons. The zero-order valence-electron chi connectivity index (χ0n) is 22.8. The van der Waals surface area contributed by atoms with Gasteiger partial charge < -0.3 is 24.1 Å². The zero-order chi connectivity index (χ0) is 24.8. The Morgan fingerprint density at radius 3 is 2.29 bits per heavy atom. The molecule has 0 bridgehead atoms. The van der Waals surface area contributed by atoms with Gasteiger partial charge in [0.05, 0.1) is 31.5 Å². The third-order valence-corrected chi connectivity index (χ3v) is 11.9. The number of hydrogen-bond acceptors (Lipinski definition) is 5. The minimum absolute atomic E-state index is 0.133. The third-order valence-electron chi connectivity index (χ3n) is 11.9. The second-order valence-electron chi connectivity index (χ2n) is 13.9. The number of rotatable bonds is 3. The molecule has 6 rings (SSSR count). The fourth-order valence-corrected chi connectivity index (χ4v) is 10.6. The minimum Gasteiger partial charge on any atom is -0.389 e. The van der Waals surface area contributed by atoms with Crippen molar-refractivity contribution in [3.8, 4) is 0 Å². The van der Waals surface area contributed by atoms with E-state index in [1.807, 2.05) is 19.1 Å². The van der Waals surface area contributed by atoms with E-state index in [-0.39, 0.29) is 29.1 Å². The van der Waals surface area contributed by atoms with E-state index in [0.717, 1.165) is 19.3 Å². The lowest BCUT2D eigenvalue weighted by atomic mass is 9.42. The van der Waals surface area contributed by atoms with Crippen LogP contribution in [0.15, 0.2) is 12.2 Å². The number of hydrogen-bond donors (Lipinski definition) is 1. The fourth-order valence-electron chi connectivity index (χ4n) is 10.6. The fraction of sp³-hybridized carbons (Fsp3) is 0.933. The standard InChI is InChI=1S/C30H48O5/c1-7-8-23(31)18(2)20-9-10-21-19-16-30(32-13-14-33-30)26-15-24-25(35-27(3,4)34-24)17-29(26,6)22(19)11-12-28(20,21)5/h7-8,18-26,31H,9-17H2,1-6H3/b8-7+/t18-,19-,20+,21-,22-,23-,24-,25+,26?,28+,29+/m0/s1. The van der Waals surface area contributed by atoms with E-state index in [9.17, 15) is 5.11 Å². The first kappa shape index (κ1) is 24.9. The Labute approximate surface area is 212 Å². The van der Waals surface area contributed by atoms with E-state index in [1.54, 1.807) is 0 Å². The summed E-state index contributed by atoms with van der Waals surface area (Å²) in [5.74, 6) is 2.19. The molecule has 6 aliphatic rings. The van der Waals surface area contributed by atoms with Gasteiger partial charge in [-0.25, -0.2) is 0 Å². The molecule has 2 heterocycles. The normalized spacial score (nSPS) is 51.6. The van der Waals surface area contributed by atoms with Gasteiger partial charge in [-0.2, -0.15) is 0 Å². The molecule has 0 aromatic heterocycles. The van der Waals surface area contributed by atoms with Crippen molar-refractivity contribution in [2.45, 2.75) is 116 Å². The molecular formula is C30H48O5. The SMILES string of the molecule is C/C=C/[C@H](O)[C@@H](C)[C@H]1CC[C@H]2[C@@H]3CC4(OCCO4)C4C[C@@H]5OC(C)(C)O[C@@H]5C[C@]4(C)[C@H]3CC[C@]12C. The van der Waals surface area contributed by atoms with Gasteiger partial charge in [-0.05, 0) is 99.7 Å². The highest BCUT2D eigenvalue weighted by Gasteiger charge is 2.70. The van der Waals surface area contributed by atoms with Crippen molar-refractivity contribution >= 4 is 0 Å². The highest BCUT2D eigenvalue weighted by atomic mass is 16.8. The van der Waals surface area contributed by atoms with Crippen LogP contribution in [0.1, 0.15) is 86.5 Å². The summed E-state index contributed by atoms with van der Waals surface area (Å²) in [6.45, 7) is 14.9. The van der Waals surface area contributed by atoms with Crippen LogP contribution < -0.4 is 0 Å². The lowest BCUT2D eigenvalue weighted by Crippen LogP contribution is -2.65. The molecule has 11 atom stereocenters. The summed E-state index contributed by atoms with van der Waals surface area (Å²) in [7, 11) is 0. The number of aliphatic hydroxyl groups is 1. The summed E-state index contributed by atoms with van der Waals surface area (Å²) in [4.78, 5) is 0. The number of fused-ring (bicyclic) bond motifs is 7. The van der Waals surface area contributed by atoms with E-state index >= 15 is 0 Å². The molecule has 6 fully saturated rings. The average Bonchev–Trinajstić information content (AvgIpc) is 3.46. The first-order chi connectivity index (χ1) is 16.5. The van der Waals surface area contributed by atoms with Crippen molar-refractivity contribution in [3.63, 3.8) is 0 Å². The molecule has 1 N–H and O–H groups in total. The van der Waals surface area contributed by atoms with Gasteiger partial charge in [-0.3, -0.25) is 0 Å². The Morgan fingerprint density at radius 1 is 0.886 bits per heavy atom. The summed E-state index contributed by atoms with van der Waals surface area (Å²) >= 11 is 0. The molecule has 0 aromatic carbocycles. The molecular weight excluding hydrogens is 440 g/mol. The van der Waals surface area contributed by atoms with E-state index in [1.165, 1.54) is 25.7 Å². The van der Waals surface area contributed by atoms with Gasteiger partial charge in [-0.1, -0.05) is 32.9 Å². The van der Waals surface area contributed by atoms with Gasteiger partial charge in [0.15, 0.2) is 11.6 Å². The van der Waals surface area contributed by atoms with E-state index < -0.39 is 11.6 Å². The van der Waals surface area contributed by atoms with Crippen LogP contribution in [-0.4, -0.2) is 48.2 Å². The number of aliphatic hydroxyl groups excluding tert-OH is 1. The van der Waals surface area contributed by atoms with Gasteiger partial charge in [0, 0.05) is 12.3 Å². The van der Waals surface area contributed by atoms with E-state index in [4.69, 9.17) is 18.9 Å². The average molecular weight is 489 g/mol. The van der Waals surface area contributed by atoms with Crippen molar-refractivity contribution < 1.29 is 24.1 Å². The van der Waals surface area contributed by atoms with Crippen LogP contribution in [0.5, 0.6) is 0 Å². The molecule has 2 aliphatic heterocycles. The Kier molecular flexibility index (Phi) is 5.87. The van der Waals surface area contributed by atoms with Gasteiger partial charge in [0.2, 0.25) is 0 Å². The molecule has 5 heteroatoms. The molecule has 5 nitrogen and oxygen atoms in total. The summed E-state index contributed by atoms with van der Waals surface area (Å²) in [6.07, 6.45) is 12.0. The Hall–Kier alpha value is -0.460. The maximum Gasteiger partial charge on any atom is 0.172 e. The Bertz CT molecular complexity index is 848. The van der Waals surface area contributed by atoms with Crippen LogP contribution in [0, 0.1) is 46.3 Å². The smallest absolute Gasteiger partial charge is 0.172 e. The van der Waals surface area contributed by atoms with Crippen LogP contribution in [-0.2, 0) is 18.9 Å². The summed E-state index contributed by atoms with van der Waals surface area (Å²) in [6, 6.07) is 0. The van der Waals surface area contributed by atoms with E-state index in [0.29, 0.717) is 48.7 Å². The van der Waals surface area contributed by atoms with Gasteiger partial charge >= 0.3 is 0 Å². The molecule has 1 unspecified atom stereocenters. The first-order valence-corrected chi connectivity index (χ1v) is 14.5. The Balaban J connectivity index is 1.33. The molecule has 2 saturated heterocycles. The maximum atomic E-state index is 10.9. The topological polar surface area (TPSA) is 57.2 Å². The summed E-state index contributed by atoms with van der Waals surface area (Å²) < 4.78 is 26.1. The van der Waals surface area contributed by atoms with Gasteiger partial charge in [0.25, 0.3) is 0 Å². The third kappa shape index (κ3) is 3.58. The monoisotopic (exact) mass is 488 g/mol. The van der Waals surface area contributed by atoms with Crippen LogP contribution in [0.3, 0.4) is 0 Å².